The summed E-state index contributed by atoms with van der Waals surface area (Å²) in [6, 6.07) is 4.50. The van der Waals surface area contributed by atoms with Crippen molar-refractivity contribution in [1.82, 2.24) is 0 Å². The van der Waals surface area contributed by atoms with Crippen LogP contribution in [0.15, 0.2) is 23.2 Å². The molecular weight excluding hydrogens is 388 g/mol. The van der Waals surface area contributed by atoms with Crippen LogP contribution in [0.4, 0.5) is 5.69 Å². The average molecular weight is 426 g/mol. The Labute approximate surface area is 186 Å². The molecule has 0 aromatic heterocycles. The van der Waals surface area contributed by atoms with Crippen LogP contribution in [0.3, 0.4) is 0 Å². The van der Waals surface area contributed by atoms with E-state index in [4.69, 9.17) is 4.99 Å². The third-order valence-electron chi connectivity index (χ3n) is 10.2. The lowest BCUT2D eigenvalue weighted by atomic mass is 9.45. The van der Waals surface area contributed by atoms with Gasteiger partial charge in [-0.3, -0.25) is 15.4 Å². The summed E-state index contributed by atoms with van der Waals surface area (Å²) in [6.07, 6.45) is 15.2. The SMILES string of the molecule is C[C@]12CCCC[C@H]1CC[C@H]1[C@@H]2CC[C@@]2(C)[C@H](N=Cc3cc(N(O)O)ccc3[O-])CC[C@@H]12. The molecule has 5 nitrogen and oxygen atoms in total. The van der Waals surface area contributed by atoms with Crippen molar-refractivity contribution in [3.8, 4) is 5.75 Å². The van der Waals surface area contributed by atoms with Crippen LogP contribution in [-0.4, -0.2) is 22.7 Å². The van der Waals surface area contributed by atoms with Crippen LogP contribution < -0.4 is 10.3 Å². The van der Waals surface area contributed by atoms with E-state index in [1.807, 2.05) is 0 Å². The van der Waals surface area contributed by atoms with Crippen LogP contribution in [-0.2, 0) is 0 Å². The fraction of sp³-hybridized carbons (Fsp3) is 0.731. The number of hydrogen-bond donors (Lipinski definition) is 2. The molecule has 1 aromatic rings. The number of hydrogen-bond acceptors (Lipinski definition) is 5. The minimum atomic E-state index is -0.138. The predicted molar refractivity (Wildman–Crippen MR) is 120 cm³/mol. The number of aliphatic imine (C=N–C) groups is 1. The molecule has 0 radical (unpaired) electrons. The van der Waals surface area contributed by atoms with E-state index in [9.17, 15) is 15.5 Å². The number of anilines is 1. The maximum Gasteiger partial charge on any atom is 0.0948 e. The Kier molecular flexibility index (Phi) is 5.33. The molecule has 4 aliphatic carbocycles. The van der Waals surface area contributed by atoms with Crippen molar-refractivity contribution in [2.45, 2.75) is 84.1 Å². The second-order valence-electron chi connectivity index (χ2n) is 11.3. The second-order valence-corrected chi connectivity index (χ2v) is 11.3. The molecule has 170 valence electrons. The third kappa shape index (κ3) is 3.39. The first-order valence-electron chi connectivity index (χ1n) is 12.3. The maximum absolute atomic E-state index is 12.2. The summed E-state index contributed by atoms with van der Waals surface area (Å²) in [5.41, 5.74) is 1.37. The Morgan fingerprint density at radius 3 is 2.58 bits per heavy atom. The van der Waals surface area contributed by atoms with E-state index < -0.39 is 0 Å². The maximum atomic E-state index is 12.2. The first-order valence-corrected chi connectivity index (χ1v) is 12.3. The molecule has 5 heteroatoms. The van der Waals surface area contributed by atoms with Gasteiger partial charge in [0.25, 0.3) is 0 Å². The van der Waals surface area contributed by atoms with Gasteiger partial charge in [0.05, 0.1) is 11.7 Å². The Morgan fingerprint density at radius 2 is 1.77 bits per heavy atom. The molecular formula is C26H37N2O3-. The number of fused-ring (bicyclic) bond motifs is 5. The quantitative estimate of drug-likeness (QED) is 0.490. The Balaban J connectivity index is 1.36. The summed E-state index contributed by atoms with van der Waals surface area (Å²) in [7, 11) is 0. The minimum absolute atomic E-state index is 0.0488. The van der Waals surface area contributed by atoms with Gasteiger partial charge in [-0.05, 0) is 104 Å². The predicted octanol–water partition coefficient (Wildman–Crippen LogP) is 5.57. The monoisotopic (exact) mass is 425 g/mol. The zero-order chi connectivity index (χ0) is 21.8. The second kappa shape index (κ2) is 7.77. The van der Waals surface area contributed by atoms with Crippen LogP contribution >= 0.6 is 0 Å². The van der Waals surface area contributed by atoms with Crippen molar-refractivity contribution in [2.75, 3.05) is 5.23 Å². The van der Waals surface area contributed by atoms with Crippen LogP contribution in [0.25, 0.3) is 0 Å². The summed E-state index contributed by atoms with van der Waals surface area (Å²) in [5, 5.41) is 30.8. The van der Waals surface area contributed by atoms with Crippen molar-refractivity contribution in [1.29, 1.82) is 0 Å². The molecule has 4 fully saturated rings. The highest BCUT2D eigenvalue weighted by molar-refractivity contribution is 5.85. The van der Waals surface area contributed by atoms with Crippen LogP contribution in [0.1, 0.15) is 83.6 Å². The topological polar surface area (TPSA) is 79.1 Å². The van der Waals surface area contributed by atoms with Gasteiger partial charge >= 0.3 is 0 Å². The molecule has 0 spiro atoms. The van der Waals surface area contributed by atoms with E-state index in [2.05, 4.69) is 13.8 Å². The molecule has 0 saturated heterocycles. The lowest BCUT2D eigenvalue weighted by Crippen LogP contribution is -2.53. The van der Waals surface area contributed by atoms with Crippen molar-refractivity contribution < 1.29 is 15.5 Å². The molecule has 31 heavy (non-hydrogen) atoms. The van der Waals surface area contributed by atoms with Gasteiger partial charge in [0.15, 0.2) is 0 Å². The first kappa shape index (κ1) is 21.3. The summed E-state index contributed by atoms with van der Waals surface area (Å²) >= 11 is 0. The Morgan fingerprint density at radius 1 is 0.968 bits per heavy atom. The lowest BCUT2D eigenvalue weighted by Gasteiger charge is -2.60. The van der Waals surface area contributed by atoms with E-state index in [1.165, 1.54) is 76.0 Å². The van der Waals surface area contributed by atoms with Crippen molar-refractivity contribution in [3.05, 3.63) is 23.8 Å². The number of rotatable bonds is 3. The van der Waals surface area contributed by atoms with E-state index >= 15 is 0 Å². The first-order chi connectivity index (χ1) is 14.8. The highest BCUT2D eigenvalue weighted by Crippen LogP contribution is 2.66. The van der Waals surface area contributed by atoms with Gasteiger partial charge in [0, 0.05) is 6.21 Å². The molecule has 5 rings (SSSR count). The molecule has 0 heterocycles. The van der Waals surface area contributed by atoms with Gasteiger partial charge < -0.3 is 5.11 Å². The molecule has 0 amide bonds. The van der Waals surface area contributed by atoms with Gasteiger partial charge in [0.2, 0.25) is 0 Å². The Bertz CT molecular complexity index is 855. The number of nitrogens with zero attached hydrogens (tertiary/aromatic N) is 2. The van der Waals surface area contributed by atoms with E-state index in [-0.39, 0.29) is 28.1 Å². The molecule has 4 saturated carbocycles. The Hall–Kier alpha value is -1.59. The third-order valence-corrected chi connectivity index (χ3v) is 10.2. The molecule has 0 unspecified atom stereocenters. The summed E-state index contributed by atoms with van der Waals surface area (Å²) in [4.78, 5) is 4.94. The highest BCUT2D eigenvalue weighted by Gasteiger charge is 2.59. The minimum Gasteiger partial charge on any atom is -0.872 e. The summed E-state index contributed by atoms with van der Waals surface area (Å²) in [6.45, 7) is 5.07. The fourth-order valence-electron chi connectivity index (χ4n) is 8.44. The molecule has 4 aliphatic rings. The van der Waals surface area contributed by atoms with Crippen LogP contribution in [0.2, 0.25) is 0 Å². The van der Waals surface area contributed by atoms with Gasteiger partial charge in [-0.2, -0.15) is 0 Å². The summed E-state index contributed by atoms with van der Waals surface area (Å²) in [5.74, 6) is 3.28. The largest absolute Gasteiger partial charge is 0.872 e. The molecule has 1 aromatic carbocycles. The van der Waals surface area contributed by atoms with Crippen molar-refractivity contribution >= 4 is 11.9 Å². The fourth-order valence-corrected chi connectivity index (χ4v) is 8.44. The zero-order valence-electron chi connectivity index (χ0n) is 19.0. The van der Waals surface area contributed by atoms with E-state index in [0.29, 0.717) is 11.0 Å². The van der Waals surface area contributed by atoms with Gasteiger partial charge in [-0.15, -0.1) is 5.23 Å². The lowest BCUT2D eigenvalue weighted by molar-refractivity contribution is -0.268. The smallest absolute Gasteiger partial charge is 0.0948 e. The molecule has 0 aliphatic heterocycles. The van der Waals surface area contributed by atoms with Gasteiger partial charge in [-0.25, -0.2) is 0 Å². The molecule has 7 atom stereocenters. The highest BCUT2D eigenvalue weighted by atomic mass is 16.8. The van der Waals surface area contributed by atoms with E-state index in [0.717, 1.165) is 30.1 Å². The van der Waals surface area contributed by atoms with Crippen molar-refractivity contribution in [2.24, 2.45) is 39.5 Å². The van der Waals surface area contributed by atoms with Crippen LogP contribution in [0, 0.1) is 34.5 Å². The van der Waals surface area contributed by atoms with Gasteiger partial charge in [0.1, 0.15) is 0 Å². The van der Waals surface area contributed by atoms with Crippen molar-refractivity contribution in [3.63, 3.8) is 0 Å². The molecule has 0 bridgehead atoms. The zero-order valence-corrected chi connectivity index (χ0v) is 19.0. The summed E-state index contributed by atoms with van der Waals surface area (Å²) < 4.78 is 0. The van der Waals surface area contributed by atoms with E-state index in [1.54, 1.807) is 6.21 Å². The molecule has 2 N–H and O–H groups in total. The van der Waals surface area contributed by atoms with Gasteiger partial charge in [-0.1, -0.05) is 38.5 Å². The number of benzene rings is 1. The standard InChI is InChI=1S/C26H38N2O3/c1-25-13-4-3-5-18(25)6-8-20-21-9-11-24(26(21,2)14-12-22(20)25)27-16-17-15-19(28(30)31)7-10-23(17)29/h7,10,15-16,18,20-22,24,29-31H,3-6,8-9,11-14H2,1-2H3/p-1/t18-,20+,21-,22-,24+,25-,26+/m0/s1. The normalized spacial score (nSPS) is 42.1. The average Bonchev–Trinajstić information content (AvgIpc) is 3.09. The van der Waals surface area contributed by atoms with Crippen LogP contribution in [0.5, 0.6) is 5.75 Å².